The molecule has 1 N–H and O–H groups in total. The van der Waals surface area contributed by atoms with Gasteiger partial charge in [-0.3, -0.25) is 9.69 Å². The normalized spacial score (nSPS) is 20.6. The Labute approximate surface area is 199 Å². The van der Waals surface area contributed by atoms with Gasteiger partial charge in [0.15, 0.2) is 11.5 Å². The maximum absolute atomic E-state index is 13.1. The minimum atomic E-state index is -0.101. The summed E-state index contributed by atoms with van der Waals surface area (Å²) in [5, 5.41) is 2.95. The molecule has 2 aromatic rings. The van der Waals surface area contributed by atoms with E-state index in [-0.39, 0.29) is 24.8 Å². The number of morpholine rings is 1. The Hall–Kier alpha value is -3.30. The van der Waals surface area contributed by atoms with Crippen molar-refractivity contribution in [2.24, 2.45) is 0 Å². The lowest BCUT2D eigenvalue weighted by molar-refractivity contribution is -0.0283. The van der Waals surface area contributed by atoms with Gasteiger partial charge in [0.05, 0.1) is 12.7 Å². The van der Waals surface area contributed by atoms with Crippen molar-refractivity contribution in [3.63, 3.8) is 0 Å². The van der Waals surface area contributed by atoms with E-state index < -0.39 is 0 Å². The molecule has 0 spiro atoms. The number of anilines is 1. The average Bonchev–Trinajstić information content (AvgIpc) is 3.22. The Morgan fingerprint density at radius 3 is 2.65 bits per heavy atom. The zero-order chi connectivity index (χ0) is 23.3. The Kier molecular flexibility index (Phi) is 6.82. The van der Waals surface area contributed by atoms with Crippen LogP contribution in [0.4, 0.5) is 10.5 Å². The fourth-order valence-electron chi connectivity index (χ4n) is 4.59. The number of carbonyl (C=O) groups excluding carboxylic acids is 2. The van der Waals surface area contributed by atoms with E-state index in [1.165, 1.54) is 0 Å². The summed E-state index contributed by atoms with van der Waals surface area (Å²) in [5.74, 6) is 1.31. The molecule has 1 atom stereocenters. The molecule has 3 heterocycles. The minimum Gasteiger partial charge on any atom is -0.454 e. The van der Waals surface area contributed by atoms with Gasteiger partial charge in [-0.2, -0.15) is 0 Å². The molecule has 180 valence electrons. The second-order valence-electron chi connectivity index (χ2n) is 8.75. The molecule has 2 aromatic carbocycles. The fraction of sp³-hybridized carbons (Fsp3) is 0.440. The summed E-state index contributed by atoms with van der Waals surface area (Å²) in [6.07, 6.45) is 0.840. The van der Waals surface area contributed by atoms with Crippen LogP contribution in [0, 0.1) is 0 Å². The molecule has 0 unspecified atom stereocenters. The summed E-state index contributed by atoms with van der Waals surface area (Å²) in [6, 6.07) is 14.7. The second-order valence-corrected chi connectivity index (χ2v) is 8.75. The van der Waals surface area contributed by atoms with Crippen molar-refractivity contribution in [2.75, 3.05) is 64.5 Å². The van der Waals surface area contributed by atoms with Gasteiger partial charge in [0.25, 0.3) is 5.91 Å². The van der Waals surface area contributed by atoms with E-state index in [1.54, 1.807) is 18.2 Å². The molecular weight excluding hydrogens is 436 g/mol. The van der Waals surface area contributed by atoms with Crippen molar-refractivity contribution in [3.8, 4) is 11.5 Å². The maximum atomic E-state index is 13.1. The lowest BCUT2D eigenvalue weighted by Gasteiger charge is -2.35. The third-order valence-electron chi connectivity index (χ3n) is 6.41. The van der Waals surface area contributed by atoms with Crippen LogP contribution in [0.1, 0.15) is 16.8 Å². The summed E-state index contributed by atoms with van der Waals surface area (Å²) < 4.78 is 16.7. The summed E-state index contributed by atoms with van der Waals surface area (Å²) >= 11 is 0. The standard InChI is InChI=1S/C25H30N4O5/c30-24(19-7-8-22-23(15-19)34-18-33-22)28-10-4-9-27(11-12-28)16-21-17-29(13-14-32-21)25(31)26-20-5-2-1-3-6-20/h1-3,5-8,15,21H,4,9-14,16-18H2,(H,26,31)/t21-/m0/s1. The molecule has 3 amide bonds. The van der Waals surface area contributed by atoms with E-state index in [2.05, 4.69) is 10.2 Å². The number of carbonyl (C=O) groups is 2. The van der Waals surface area contributed by atoms with Gasteiger partial charge in [0.2, 0.25) is 6.79 Å². The van der Waals surface area contributed by atoms with Gasteiger partial charge >= 0.3 is 6.03 Å². The third kappa shape index (κ3) is 5.26. The van der Waals surface area contributed by atoms with Crippen molar-refractivity contribution in [3.05, 3.63) is 54.1 Å². The van der Waals surface area contributed by atoms with Gasteiger partial charge in [-0.15, -0.1) is 0 Å². The van der Waals surface area contributed by atoms with E-state index in [0.29, 0.717) is 49.8 Å². The van der Waals surface area contributed by atoms with Crippen molar-refractivity contribution in [1.29, 1.82) is 0 Å². The predicted octanol–water partition coefficient (Wildman–Crippen LogP) is 2.50. The first-order valence-electron chi connectivity index (χ1n) is 11.8. The number of para-hydroxylation sites is 1. The van der Waals surface area contributed by atoms with Gasteiger partial charge in [0.1, 0.15) is 0 Å². The van der Waals surface area contributed by atoms with Gasteiger partial charge in [-0.05, 0) is 43.3 Å². The summed E-state index contributed by atoms with van der Waals surface area (Å²) in [7, 11) is 0. The monoisotopic (exact) mass is 466 g/mol. The number of ether oxygens (including phenoxy) is 3. The van der Waals surface area contributed by atoms with Crippen molar-refractivity contribution in [2.45, 2.75) is 12.5 Å². The third-order valence-corrected chi connectivity index (χ3v) is 6.41. The van der Waals surface area contributed by atoms with E-state index >= 15 is 0 Å². The Balaban J connectivity index is 1.12. The number of fused-ring (bicyclic) bond motifs is 1. The quantitative estimate of drug-likeness (QED) is 0.746. The highest BCUT2D eigenvalue weighted by Gasteiger charge is 2.28. The SMILES string of the molecule is O=C(Nc1ccccc1)N1CCO[C@@H](CN2CCCN(C(=O)c3ccc4c(c3)OCO4)CC2)C1. The van der Waals surface area contributed by atoms with Crippen LogP contribution >= 0.6 is 0 Å². The van der Waals surface area contributed by atoms with Crippen LogP contribution in [-0.2, 0) is 4.74 Å². The van der Waals surface area contributed by atoms with Crippen molar-refractivity contribution in [1.82, 2.24) is 14.7 Å². The number of hydrogen-bond donors (Lipinski definition) is 1. The van der Waals surface area contributed by atoms with E-state index in [0.717, 1.165) is 31.7 Å². The number of amides is 3. The van der Waals surface area contributed by atoms with Crippen LogP contribution in [0.5, 0.6) is 11.5 Å². The first kappa shape index (κ1) is 22.5. The molecule has 34 heavy (non-hydrogen) atoms. The Bertz CT molecular complexity index is 1020. The number of hydrogen-bond acceptors (Lipinski definition) is 6. The molecular formula is C25H30N4O5. The average molecular weight is 467 g/mol. The number of benzene rings is 2. The highest BCUT2D eigenvalue weighted by molar-refractivity contribution is 5.95. The summed E-state index contributed by atoms with van der Waals surface area (Å²) in [6.45, 7) is 5.60. The predicted molar refractivity (Wildman–Crippen MR) is 126 cm³/mol. The lowest BCUT2D eigenvalue weighted by atomic mass is 10.1. The highest BCUT2D eigenvalue weighted by Crippen LogP contribution is 2.32. The maximum Gasteiger partial charge on any atom is 0.322 e. The van der Waals surface area contributed by atoms with Gasteiger partial charge < -0.3 is 29.3 Å². The van der Waals surface area contributed by atoms with Crippen molar-refractivity contribution < 1.29 is 23.8 Å². The molecule has 9 heteroatoms. The van der Waals surface area contributed by atoms with E-state index in [4.69, 9.17) is 14.2 Å². The molecule has 0 radical (unpaired) electrons. The van der Waals surface area contributed by atoms with E-state index in [9.17, 15) is 9.59 Å². The molecule has 3 aliphatic heterocycles. The number of nitrogens with zero attached hydrogens (tertiary/aromatic N) is 3. The topological polar surface area (TPSA) is 83.6 Å². The van der Waals surface area contributed by atoms with Gasteiger partial charge in [-0.1, -0.05) is 18.2 Å². The minimum absolute atomic E-state index is 0.0119. The molecule has 3 aliphatic rings. The molecule has 0 bridgehead atoms. The van der Waals surface area contributed by atoms with Gasteiger partial charge in [-0.25, -0.2) is 4.79 Å². The highest BCUT2D eigenvalue weighted by atomic mass is 16.7. The molecule has 0 aromatic heterocycles. The number of nitrogens with one attached hydrogen (secondary N) is 1. The Morgan fingerprint density at radius 2 is 1.76 bits per heavy atom. The van der Waals surface area contributed by atoms with Crippen LogP contribution in [0.15, 0.2) is 48.5 Å². The van der Waals surface area contributed by atoms with E-state index in [1.807, 2.05) is 40.1 Å². The second kappa shape index (κ2) is 10.3. The number of rotatable bonds is 4. The molecule has 9 nitrogen and oxygen atoms in total. The summed E-state index contributed by atoms with van der Waals surface area (Å²) in [5.41, 5.74) is 1.41. The van der Waals surface area contributed by atoms with Gasteiger partial charge in [0, 0.05) is 50.5 Å². The van der Waals surface area contributed by atoms with Crippen LogP contribution < -0.4 is 14.8 Å². The Morgan fingerprint density at radius 1 is 0.912 bits per heavy atom. The van der Waals surface area contributed by atoms with Crippen LogP contribution in [0.3, 0.4) is 0 Å². The smallest absolute Gasteiger partial charge is 0.322 e. The zero-order valence-corrected chi connectivity index (χ0v) is 19.2. The zero-order valence-electron chi connectivity index (χ0n) is 19.2. The largest absolute Gasteiger partial charge is 0.454 e. The van der Waals surface area contributed by atoms with Crippen LogP contribution in [0.2, 0.25) is 0 Å². The molecule has 2 saturated heterocycles. The fourth-order valence-corrected chi connectivity index (χ4v) is 4.59. The molecule has 0 aliphatic carbocycles. The molecule has 2 fully saturated rings. The first-order valence-corrected chi connectivity index (χ1v) is 11.8. The van der Waals surface area contributed by atoms with Crippen LogP contribution in [0.25, 0.3) is 0 Å². The molecule has 0 saturated carbocycles. The summed E-state index contributed by atoms with van der Waals surface area (Å²) in [4.78, 5) is 31.8. The molecule has 5 rings (SSSR count). The van der Waals surface area contributed by atoms with Crippen molar-refractivity contribution >= 4 is 17.6 Å². The lowest BCUT2D eigenvalue weighted by Crippen LogP contribution is -2.51. The number of urea groups is 1. The van der Waals surface area contributed by atoms with Crippen LogP contribution in [-0.4, -0.2) is 92.0 Å². The first-order chi connectivity index (χ1) is 16.7.